The summed E-state index contributed by atoms with van der Waals surface area (Å²) in [7, 11) is 0. The number of piperazine rings is 1. The number of carbonyl (C=O) groups is 3. The van der Waals surface area contributed by atoms with Crippen LogP contribution in [0.3, 0.4) is 0 Å². The van der Waals surface area contributed by atoms with Gasteiger partial charge in [0.1, 0.15) is 12.1 Å². The minimum atomic E-state index is -0.840. The Labute approximate surface area is 204 Å². The molecule has 5 rings (SSSR count). The van der Waals surface area contributed by atoms with Gasteiger partial charge in [-0.1, -0.05) is 17.7 Å². The molecular weight excluding hydrogens is 476 g/mol. The van der Waals surface area contributed by atoms with E-state index in [1.807, 2.05) is 6.07 Å². The molecule has 35 heavy (non-hydrogen) atoms. The van der Waals surface area contributed by atoms with Crippen molar-refractivity contribution in [2.75, 3.05) is 16.8 Å². The Morgan fingerprint density at radius 3 is 2.69 bits per heavy atom. The fourth-order valence-electron chi connectivity index (χ4n) is 5.19. The Morgan fingerprint density at radius 2 is 2.00 bits per heavy atom. The monoisotopic (exact) mass is 494 g/mol. The first kappa shape index (κ1) is 22.6. The molecule has 1 N–H and O–H groups in total. The minimum Gasteiger partial charge on any atom is -0.317 e. The molecule has 2 aromatic carbocycles. The van der Waals surface area contributed by atoms with Crippen LogP contribution in [0.1, 0.15) is 23.1 Å². The van der Waals surface area contributed by atoms with Crippen molar-refractivity contribution in [2.24, 2.45) is 0 Å². The summed E-state index contributed by atoms with van der Waals surface area (Å²) < 4.78 is 0. The lowest BCUT2D eigenvalue weighted by molar-refractivity contribution is -0.385. The average molecular weight is 495 g/mol. The van der Waals surface area contributed by atoms with E-state index in [0.29, 0.717) is 23.2 Å². The highest BCUT2D eigenvalue weighted by Gasteiger charge is 2.63. The quantitative estimate of drug-likeness (QED) is 0.393. The van der Waals surface area contributed by atoms with Crippen molar-refractivity contribution in [3.8, 4) is 6.07 Å². The van der Waals surface area contributed by atoms with Gasteiger partial charge in [-0.25, -0.2) is 14.5 Å². The normalized spacial score (nSPS) is 22.5. The second-order valence-corrected chi connectivity index (χ2v) is 9.17. The number of likely N-dealkylation sites (tertiary alicyclic amines) is 1. The molecule has 3 saturated heterocycles. The topological polar surface area (TPSA) is 140 Å². The summed E-state index contributed by atoms with van der Waals surface area (Å²) in [6, 6.07) is 6.69. The lowest BCUT2D eigenvalue weighted by atomic mass is 10.1. The Bertz CT molecular complexity index is 1370. The summed E-state index contributed by atoms with van der Waals surface area (Å²) in [5.74, 6) is -0.463. The van der Waals surface area contributed by atoms with Crippen LogP contribution < -0.4 is 10.2 Å². The van der Waals surface area contributed by atoms with Gasteiger partial charge in [-0.3, -0.25) is 14.9 Å². The molecule has 0 radical (unpaired) electrons. The van der Waals surface area contributed by atoms with E-state index in [1.165, 1.54) is 28.0 Å². The lowest BCUT2D eigenvalue weighted by Crippen LogP contribution is -2.55. The molecule has 2 aromatic rings. The maximum absolute atomic E-state index is 13.4. The molecule has 0 aliphatic carbocycles. The number of nitrogens with one attached hydrogen (secondary N) is 1. The van der Waals surface area contributed by atoms with E-state index >= 15 is 0 Å². The Balaban J connectivity index is 1.39. The van der Waals surface area contributed by atoms with Crippen LogP contribution in [0.4, 0.5) is 26.7 Å². The average Bonchev–Trinajstić information content (AvgIpc) is 3.48. The number of anilines is 2. The van der Waals surface area contributed by atoms with Crippen molar-refractivity contribution in [2.45, 2.75) is 38.4 Å². The summed E-state index contributed by atoms with van der Waals surface area (Å²) in [6.45, 7) is 3.48. The van der Waals surface area contributed by atoms with E-state index in [0.717, 1.165) is 4.90 Å². The van der Waals surface area contributed by atoms with Gasteiger partial charge in [0, 0.05) is 23.9 Å². The van der Waals surface area contributed by atoms with Gasteiger partial charge < -0.3 is 15.1 Å². The maximum Gasteiger partial charge on any atom is 0.332 e. The second kappa shape index (κ2) is 7.95. The zero-order chi connectivity index (χ0) is 25.2. The van der Waals surface area contributed by atoms with E-state index in [-0.39, 0.29) is 34.5 Å². The molecule has 3 aliphatic rings. The number of fused-ring (bicyclic) bond motifs is 5. The lowest BCUT2D eigenvalue weighted by Gasteiger charge is -2.34. The zero-order valence-electron chi connectivity index (χ0n) is 18.7. The van der Waals surface area contributed by atoms with Crippen molar-refractivity contribution in [1.29, 1.82) is 5.26 Å². The third kappa shape index (κ3) is 3.29. The SMILES string of the molecule is Cc1ccc(NC(=O)N2CC3CC2C2C(=O)N(c4ccc(C#N)c(Cl)c4C)C(=O)N32)cc1[N+](=O)[O-]. The van der Waals surface area contributed by atoms with Crippen LogP contribution in [-0.2, 0) is 4.79 Å². The Kier molecular flexibility index (Phi) is 5.14. The highest BCUT2D eigenvalue weighted by atomic mass is 35.5. The van der Waals surface area contributed by atoms with Crippen molar-refractivity contribution < 1.29 is 19.3 Å². The molecular formula is C23H19ClN6O5. The van der Waals surface area contributed by atoms with Gasteiger partial charge in [0.15, 0.2) is 0 Å². The number of halogens is 1. The minimum absolute atomic E-state index is 0.111. The highest BCUT2D eigenvalue weighted by molar-refractivity contribution is 6.33. The highest BCUT2D eigenvalue weighted by Crippen LogP contribution is 2.43. The van der Waals surface area contributed by atoms with Gasteiger partial charge in [0.25, 0.3) is 11.6 Å². The molecule has 178 valence electrons. The molecule has 3 fully saturated rings. The summed E-state index contributed by atoms with van der Waals surface area (Å²) in [4.78, 5) is 54.5. The standard InChI is InChI=1S/C23H19ClN6O5/c1-11-3-5-14(7-17(11)30(34)35)26-22(32)27-10-15-8-18(27)20-21(31)29(23(33)28(15)20)16-6-4-13(9-25)19(24)12(16)2/h3-7,15,18,20H,8,10H2,1-2H3,(H,26,32). The number of aryl methyl sites for hydroxylation is 1. The van der Waals surface area contributed by atoms with Gasteiger partial charge in [-0.05, 0) is 44.0 Å². The first-order valence-electron chi connectivity index (χ1n) is 10.8. The number of nitrogens with zero attached hydrogens (tertiary/aromatic N) is 5. The molecule has 3 heterocycles. The number of imide groups is 1. The summed E-state index contributed by atoms with van der Waals surface area (Å²) in [5.41, 5.74) is 1.62. The Morgan fingerprint density at radius 1 is 1.26 bits per heavy atom. The van der Waals surface area contributed by atoms with Crippen LogP contribution >= 0.6 is 11.6 Å². The molecule has 12 heteroatoms. The van der Waals surface area contributed by atoms with Crippen molar-refractivity contribution in [3.05, 3.63) is 62.2 Å². The number of nitro groups is 1. The van der Waals surface area contributed by atoms with Crippen LogP contribution in [0.15, 0.2) is 30.3 Å². The number of hydrogen-bond acceptors (Lipinski definition) is 6. The van der Waals surface area contributed by atoms with Crippen LogP contribution in [0, 0.1) is 35.3 Å². The molecule has 3 atom stereocenters. The van der Waals surface area contributed by atoms with E-state index in [4.69, 9.17) is 11.6 Å². The third-order valence-electron chi connectivity index (χ3n) is 6.90. The molecule has 0 saturated carbocycles. The van der Waals surface area contributed by atoms with Crippen LogP contribution in [0.2, 0.25) is 5.02 Å². The van der Waals surface area contributed by atoms with Gasteiger partial charge >= 0.3 is 12.1 Å². The zero-order valence-corrected chi connectivity index (χ0v) is 19.4. The van der Waals surface area contributed by atoms with Crippen molar-refractivity contribution in [3.63, 3.8) is 0 Å². The molecule has 0 aromatic heterocycles. The first-order valence-corrected chi connectivity index (χ1v) is 11.2. The number of rotatable bonds is 3. The number of nitriles is 1. The van der Waals surface area contributed by atoms with Gasteiger partial charge in [-0.2, -0.15) is 5.26 Å². The fraction of sp³-hybridized carbons (Fsp3) is 0.304. The van der Waals surface area contributed by atoms with E-state index in [1.54, 1.807) is 26.0 Å². The molecule has 5 amide bonds. The third-order valence-corrected chi connectivity index (χ3v) is 7.39. The van der Waals surface area contributed by atoms with Gasteiger partial charge in [0.2, 0.25) is 0 Å². The Hall–Kier alpha value is -4.17. The predicted molar refractivity (Wildman–Crippen MR) is 125 cm³/mol. The van der Waals surface area contributed by atoms with Crippen molar-refractivity contribution >= 4 is 46.6 Å². The fourth-order valence-corrected chi connectivity index (χ4v) is 5.40. The number of hydrogen-bond donors (Lipinski definition) is 1. The molecule has 0 spiro atoms. The molecule has 3 unspecified atom stereocenters. The van der Waals surface area contributed by atoms with Crippen LogP contribution in [-0.4, -0.2) is 57.4 Å². The number of carbonyl (C=O) groups excluding carboxylic acids is 3. The van der Waals surface area contributed by atoms with E-state index < -0.39 is 35.0 Å². The molecule has 2 bridgehead atoms. The summed E-state index contributed by atoms with van der Waals surface area (Å²) in [6.07, 6.45) is 0.463. The largest absolute Gasteiger partial charge is 0.332 e. The maximum atomic E-state index is 13.4. The van der Waals surface area contributed by atoms with Gasteiger partial charge in [-0.15, -0.1) is 0 Å². The van der Waals surface area contributed by atoms with Crippen LogP contribution in [0.25, 0.3) is 0 Å². The van der Waals surface area contributed by atoms with Crippen LogP contribution in [0.5, 0.6) is 0 Å². The number of nitro benzene ring substituents is 1. The van der Waals surface area contributed by atoms with E-state index in [2.05, 4.69) is 5.32 Å². The predicted octanol–water partition coefficient (Wildman–Crippen LogP) is 3.56. The number of amides is 5. The van der Waals surface area contributed by atoms with Gasteiger partial charge in [0.05, 0.1) is 33.3 Å². The summed E-state index contributed by atoms with van der Waals surface area (Å²) in [5, 5.41) is 23.3. The smallest absolute Gasteiger partial charge is 0.317 e. The number of urea groups is 2. The molecule has 3 aliphatic heterocycles. The second-order valence-electron chi connectivity index (χ2n) is 8.79. The first-order chi connectivity index (χ1) is 16.6. The number of benzene rings is 2. The van der Waals surface area contributed by atoms with E-state index in [9.17, 15) is 29.8 Å². The summed E-state index contributed by atoms with van der Waals surface area (Å²) >= 11 is 6.26. The van der Waals surface area contributed by atoms with Crippen molar-refractivity contribution in [1.82, 2.24) is 9.80 Å². The molecule has 11 nitrogen and oxygen atoms in total.